The van der Waals surface area contributed by atoms with E-state index in [4.69, 9.17) is 9.26 Å². The van der Waals surface area contributed by atoms with E-state index in [2.05, 4.69) is 22.4 Å². The fraction of sp³-hybridized carbons (Fsp3) is 0.348. The summed E-state index contributed by atoms with van der Waals surface area (Å²) in [5.41, 5.74) is 2.64. The normalized spacial score (nSPS) is 10.7. The van der Waals surface area contributed by atoms with Crippen LogP contribution in [0.25, 0.3) is 22.5 Å². The third kappa shape index (κ3) is 6.45. The Morgan fingerprint density at radius 2 is 1.83 bits per heavy atom. The van der Waals surface area contributed by atoms with Gasteiger partial charge in [0, 0.05) is 36.1 Å². The zero-order chi connectivity index (χ0) is 20.3. The first-order valence-corrected chi connectivity index (χ1v) is 10.2. The fourth-order valence-corrected chi connectivity index (χ4v) is 3.08. The molecule has 152 valence electrons. The molecule has 3 aromatic rings. The zero-order valence-corrected chi connectivity index (χ0v) is 16.8. The first-order valence-electron chi connectivity index (χ1n) is 10.2. The molecule has 0 aliphatic heterocycles. The molecular weight excluding hydrogens is 366 g/mol. The molecular formula is C23H27N3O3. The van der Waals surface area contributed by atoms with Crippen LogP contribution in [-0.4, -0.2) is 22.8 Å². The summed E-state index contributed by atoms with van der Waals surface area (Å²) in [7, 11) is 0. The van der Waals surface area contributed by atoms with Gasteiger partial charge in [0.25, 0.3) is 0 Å². The summed E-state index contributed by atoms with van der Waals surface area (Å²) in [5.74, 6) is 1.15. The molecule has 0 unspecified atom stereocenters. The second kappa shape index (κ2) is 11.0. The van der Waals surface area contributed by atoms with Crippen molar-refractivity contribution in [1.82, 2.24) is 15.5 Å². The molecule has 1 amide bonds. The lowest BCUT2D eigenvalue weighted by molar-refractivity contribution is 0.200. The second-order valence-corrected chi connectivity index (χ2v) is 6.95. The van der Waals surface area contributed by atoms with E-state index in [9.17, 15) is 4.79 Å². The number of ether oxygens (including phenoxy) is 1. The van der Waals surface area contributed by atoms with E-state index >= 15 is 0 Å². The predicted octanol–water partition coefficient (Wildman–Crippen LogP) is 5.85. The molecule has 29 heavy (non-hydrogen) atoms. The quantitative estimate of drug-likeness (QED) is 0.437. The van der Waals surface area contributed by atoms with Crippen molar-refractivity contribution in [2.24, 2.45) is 0 Å². The number of pyridine rings is 1. The van der Waals surface area contributed by atoms with Crippen LogP contribution in [-0.2, 0) is 0 Å². The Kier molecular flexibility index (Phi) is 7.81. The number of nitrogens with zero attached hydrogens (tertiary/aromatic N) is 2. The molecule has 0 aliphatic rings. The molecule has 3 rings (SSSR count). The molecule has 0 spiro atoms. The Balaban J connectivity index is 1.53. The third-order valence-corrected chi connectivity index (χ3v) is 4.64. The summed E-state index contributed by atoms with van der Waals surface area (Å²) in [4.78, 5) is 16.3. The van der Waals surface area contributed by atoms with Gasteiger partial charge in [0.15, 0.2) is 5.76 Å². The molecule has 1 aromatic carbocycles. The van der Waals surface area contributed by atoms with Crippen LogP contribution < -0.4 is 10.1 Å². The van der Waals surface area contributed by atoms with Crippen LogP contribution in [0.5, 0.6) is 5.75 Å². The molecule has 2 heterocycles. The molecule has 0 aliphatic carbocycles. The van der Waals surface area contributed by atoms with Crippen molar-refractivity contribution in [2.45, 2.75) is 45.4 Å². The topological polar surface area (TPSA) is 77.2 Å². The number of unbranched alkanes of at least 4 members (excludes halogenated alkanes) is 5. The Bertz CT molecular complexity index is 894. The van der Waals surface area contributed by atoms with E-state index in [0.717, 1.165) is 29.5 Å². The zero-order valence-electron chi connectivity index (χ0n) is 16.8. The van der Waals surface area contributed by atoms with Crippen molar-refractivity contribution in [3.05, 3.63) is 55.0 Å². The van der Waals surface area contributed by atoms with Gasteiger partial charge in [-0.3, -0.25) is 4.98 Å². The molecule has 0 atom stereocenters. The Labute approximate surface area is 171 Å². The number of nitrogens with one attached hydrogen (secondary N) is 1. The Hall–Kier alpha value is -3.15. The van der Waals surface area contributed by atoms with Crippen molar-refractivity contribution in [3.8, 4) is 28.2 Å². The third-order valence-electron chi connectivity index (χ3n) is 4.64. The molecule has 0 bridgehead atoms. The van der Waals surface area contributed by atoms with E-state index in [1.165, 1.54) is 25.7 Å². The van der Waals surface area contributed by atoms with Crippen LogP contribution in [0.15, 0.2) is 59.5 Å². The first-order chi connectivity index (χ1) is 14.3. The monoisotopic (exact) mass is 393 g/mol. The van der Waals surface area contributed by atoms with E-state index < -0.39 is 6.09 Å². The number of hydrogen-bond acceptors (Lipinski definition) is 5. The molecule has 0 radical (unpaired) electrons. The maximum atomic E-state index is 12.0. The van der Waals surface area contributed by atoms with Crippen LogP contribution >= 0.6 is 0 Å². The van der Waals surface area contributed by atoms with Crippen molar-refractivity contribution >= 4 is 6.09 Å². The molecule has 0 fully saturated rings. The number of amides is 1. The summed E-state index contributed by atoms with van der Waals surface area (Å²) in [5, 5.41) is 6.55. The minimum atomic E-state index is -0.427. The van der Waals surface area contributed by atoms with Gasteiger partial charge in [-0.2, -0.15) is 0 Å². The summed E-state index contributed by atoms with van der Waals surface area (Å²) in [6, 6.07) is 11.1. The van der Waals surface area contributed by atoms with Crippen molar-refractivity contribution in [1.29, 1.82) is 0 Å². The number of carbonyl (C=O) groups excluding carboxylic acids is 1. The highest BCUT2D eigenvalue weighted by molar-refractivity contribution is 5.73. The minimum Gasteiger partial charge on any atom is -0.410 e. The van der Waals surface area contributed by atoms with Crippen LogP contribution in [0.2, 0.25) is 0 Å². The number of rotatable bonds is 10. The molecule has 0 saturated carbocycles. The highest BCUT2D eigenvalue weighted by Crippen LogP contribution is 2.27. The Morgan fingerprint density at radius 3 is 2.66 bits per heavy atom. The van der Waals surface area contributed by atoms with Gasteiger partial charge in [-0.1, -0.05) is 56.3 Å². The number of benzene rings is 1. The second-order valence-electron chi connectivity index (χ2n) is 6.95. The molecule has 6 heteroatoms. The summed E-state index contributed by atoms with van der Waals surface area (Å²) < 4.78 is 10.6. The van der Waals surface area contributed by atoms with Crippen molar-refractivity contribution in [2.75, 3.05) is 6.54 Å². The Morgan fingerprint density at radius 1 is 1.00 bits per heavy atom. The fourth-order valence-electron chi connectivity index (χ4n) is 3.08. The predicted molar refractivity (Wildman–Crippen MR) is 113 cm³/mol. The summed E-state index contributed by atoms with van der Waals surface area (Å²) in [6.45, 7) is 2.84. The SMILES string of the molecule is CCCCCCCCNC(=O)Oc1cccc(-c2cncc(-c3ccno3)c2)c1. The van der Waals surface area contributed by atoms with Crippen LogP contribution in [0, 0.1) is 0 Å². The van der Waals surface area contributed by atoms with Crippen molar-refractivity contribution < 1.29 is 14.1 Å². The van der Waals surface area contributed by atoms with Gasteiger partial charge in [-0.15, -0.1) is 0 Å². The summed E-state index contributed by atoms with van der Waals surface area (Å²) in [6.07, 6.45) is 11.8. The van der Waals surface area contributed by atoms with E-state index in [1.54, 1.807) is 30.7 Å². The lowest BCUT2D eigenvalue weighted by Crippen LogP contribution is -2.27. The highest BCUT2D eigenvalue weighted by atomic mass is 16.6. The maximum Gasteiger partial charge on any atom is 0.412 e. The van der Waals surface area contributed by atoms with Gasteiger partial charge in [0.1, 0.15) is 5.75 Å². The van der Waals surface area contributed by atoms with E-state index in [0.29, 0.717) is 18.1 Å². The lowest BCUT2D eigenvalue weighted by atomic mass is 10.1. The standard InChI is InChI=1S/C23H27N3O3/c1-2-3-4-5-6-7-12-25-23(27)28-21-10-8-9-18(15-21)19-14-20(17-24-16-19)22-11-13-26-29-22/h8-11,13-17H,2-7,12H2,1H3,(H,25,27). The molecule has 0 saturated heterocycles. The molecule has 1 N–H and O–H groups in total. The van der Waals surface area contributed by atoms with Crippen LogP contribution in [0.3, 0.4) is 0 Å². The number of aromatic nitrogens is 2. The van der Waals surface area contributed by atoms with Gasteiger partial charge in [0.05, 0.1) is 6.20 Å². The summed E-state index contributed by atoms with van der Waals surface area (Å²) >= 11 is 0. The first kappa shape index (κ1) is 20.6. The van der Waals surface area contributed by atoms with Gasteiger partial charge < -0.3 is 14.6 Å². The average molecular weight is 393 g/mol. The molecule has 6 nitrogen and oxygen atoms in total. The van der Waals surface area contributed by atoms with Crippen molar-refractivity contribution in [3.63, 3.8) is 0 Å². The van der Waals surface area contributed by atoms with Gasteiger partial charge in [-0.05, 0) is 30.2 Å². The lowest BCUT2D eigenvalue weighted by Gasteiger charge is -2.09. The molecule has 2 aromatic heterocycles. The van der Waals surface area contributed by atoms with Crippen LogP contribution in [0.4, 0.5) is 4.79 Å². The number of carbonyl (C=O) groups is 1. The highest BCUT2D eigenvalue weighted by Gasteiger charge is 2.08. The average Bonchev–Trinajstić information content (AvgIpc) is 3.28. The maximum absolute atomic E-state index is 12.0. The van der Waals surface area contributed by atoms with E-state index in [1.807, 2.05) is 24.3 Å². The number of hydrogen-bond donors (Lipinski definition) is 1. The minimum absolute atomic E-state index is 0.427. The largest absolute Gasteiger partial charge is 0.412 e. The smallest absolute Gasteiger partial charge is 0.410 e. The van der Waals surface area contributed by atoms with Gasteiger partial charge in [-0.25, -0.2) is 4.79 Å². The van der Waals surface area contributed by atoms with E-state index in [-0.39, 0.29) is 0 Å². The van der Waals surface area contributed by atoms with Gasteiger partial charge >= 0.3 is 6.09 Å². The van der Waals surface area contributed by atoms with Crippen LogP contribution in [0.1, 0.15) is 45.4 Å². The van der Waals surface area contributed by atoms with Gasteiger partial charge in [0.2, 0.25) is 0 Å².